The first-order valence-electron chi connectivity index (χ1n) is 28.6. The van der Waals surface area contributed by atoms with Crippen molar-refractivity contribution in [2.75, 3.05) is 0 Å². The lowest BCUT2D eigenvalue weighted by Crippen LogP contribution is -1.91. The Morgan fingerprint density at radius 3 is 1.43 bits per heavy atom. The highest BCUT2D eigenvalue weighted by molar-refractivity contribution is 5.87. The number of aryl methyl sites for hydroxylation is 14. The van der Waals surface area contributed by atoms with Gasteiger partial charge in [0, 0.05) is 84.0 Å². The van der Waals surface area contributed by atoms with E-state index in [1.54, 1.807) is 0 Å². The predicted molar refractivity (Wildman–Crippen MR) is 356 cm³/mol. The van der Waals surface area contributed by atoms with Crippen LogP contribution in [0.15, 0.2) is 207 Å². The summed E-state index contributed by atoms with van der Waals surface area (Å²) in [5, 5.41) is 19.2. The lowest BCUT2D eigenvalue weighted by Gasteiger charge is -2.02. The molecule has 0 spiro atoms. The van der Waals surface area contributed by atoms with Crippen molar-refractivity contribution in [2.24, 2.45) is 0 Å². The minimum atomic E-state index is 0.996. The minimum Gasteiger partial charge on any atom is -0.264 e. The average Bonchev–Trinajstić information content (AvgIpc) is 3.69. The third kappa shape index (κ3) is 16.3. The van der Waals surface area contributed by atoms with Crippen molar-refractivity contribution < 1.29 is 0 Å². The fraction of sp³-hybridized carbons (Fsp3) is 0.184. The van der Waals surface area contributed by atoms with Crippen LogP contribution >= 0.6 is 0 Å². The van der Waals surface area contributed by atoms with Crippen LogP contribution in [-0.2, 0) is 0 Å². The van der Waals surface area contributed by atoms with Crippen molar-refractivity contribution in [1.29, 1.82) is 0 Å². The summed E-state index contributed by atoms with van der Waals surface area (Å²) in [6.07, 6.45) is 3.76. The SMILES string of the molecule is Cc1cc(C)c2ccccc2n1.Cc1cc(C)c2cnccc2c1.Cc1cc2ccccc2nc1C.Cc1ccc2c(C)cccc2n1.Cc1ccc2ccc(C)nc2c1.Cc1ccc2nc(C)ccc2c1.Cc1nnc(C)c2ccccc12. The molecule has 0 aliphatic heterocycles. The minimum absolute atomic E-state index is 0.996. The highest BCUT2D eigenvalue weighted by Gasteiger charge is 2.03. The first-order valence-corrected chi connectivity index (χ1v) is 28.6. The fourth-order valence-electron chi connectivity index (χ4n) is 9.86. The highest BCUT2D eigenvalue weighted by atomic mass is 15.1. The molecule has 14 aromatic rings. The summed E-state index contributed by atoms with van der Waals surface area (Å²) < 4.78 is 0. The van der Waals surface area contributed by atoms with Crippen LogP contribution in [0, 0.1) is 96.9 Å². The van der Waals surface area contributed by atoms with Gasteiger partial charge in [0.25, 0.3) is 0 Å². The van der Waals surface area contributed by atoms with Crippen molar-refractivity contribution >= 4 is 76.1 Å². The van der Waals surface area contributed by atoms with E-state index in [0.29, 0.717) is 0 Å². The van der Waals surface area contributed by atoms with E-state index in [2.05, 4.69) is 222 Å². The maximum atomic E-state index is 4.48. The van der Waals surface area contributed by atoms with E-state index in [0.717, 1.165) is 67.4 Å². The second-order valence-corrected chi connectivity index (χ2v) is 21.7. The molecule has 0 saturated heterocycles. The van der Waals surface area contributed by atoms with E-state index >= 15 is 0 Å². The van der Waals surface area contributed by atoms with Crippen LogP contribution in [0.2, 0.25) is 0 Å². The number of hydrogen-bond acceptors (Lipinski definition) is 8. The monoisotopic (exact) mass is 1100 g/mol. The van der Waals surface area contributed by atoms with Crippen LogP contribution in [0.3, 0.4) is 0 Å². The van der Waals surface area contributed by atoms with Crippen molar-refractivity contribution in [2.45, 2.75) is 96.9 Å². The average molecular weight is 1100 g/mol. The van der Waals surface area contributed by atoms with Crippen LogP contribution < -0.4 is 0 Å². The van der Waals surface area contributed by atoms with Gasteiger partial charge in [-0.2, -0.15) is 10.2 Å². The molecule has 0 N–H and O–H groups in total. The zero-order chi connectivity index (χ0) is 59.9. The highest BCUT2D eigenvalue weighted by Crippen LogP contribution is 2.22. The van der Waals surface area contributed by atoms with E-state index in [1.807, 2.05) is 122 Å². The Labute approximate surface area is 495 Å². The van der Waals surface area contributed by atoms with Gasteiger partial charge in [0.15, 0.2) is 0 Å². The topological polar surface area (TPSA) is 103 Å². The number of pyridine rings is 6. The normalized spacial score (nSPS) is 10.5. The Morgan fingerprint density at radius 1 is 0.238 bits per heavy atom. The van der Waals surface area contributed by atoms with E-state index in [-0.39, 0.29) is 0 Å². The molecule has 8 heteroatoms. The number of fused-ring (bicyclic) bond motifs is 7. The largest absolute Gasteiger partial charge is 0.264 e. The molecule has 0 aliphatic carbocycles. The molecule has 7 heterocycles. The molecule has 0 fully saturated rings. The van der Waals surface area contributed by atoms with Gasteiger partial charge in [0.2, 0.25) is 0 Å². The molecular formula is C76H76N8. The van der Waals surface area contributed by atoms with Crippen LogP contribution in [0.4, 0.5) is 0 Å². The summed E-state index contributed by atoms with van der Waals surface area (Å²) in [6.45, 7) is 28.8. The molecule has 84 heavy (non-hydrogen) atoms. The van der Waals surface area contributed by atoms with Crippen LogP contribution in [0.25, 0.3) is 76.1 Å². The summed E-state index contributed by atoms with van der Waals surface area (Å²) in [6, 6.07) is 66.7. The molecule has 0 radical (unpaired) electrons. The Balaban J connectivity index is 0.000000128. The van der Waals surface area contributed by atoms with E-state index in [4.69, 9.17) is 0 Å². The molecule has 420 valence electrons. The molecule has 0 bridgehead atoms. The van der Waals surface area contributed by atoms with Crippen molar-refractivity contribution in [3.05, 3.63) is 285 Å². The molecule has 8 nitrogen and oxygen atoms in total. The van der Waals surface area contributed by atoms with Gasteiger partial charge in [-0.3, -0.25) is 29.9 Å². The van der Waals surface area contributed by atoms with Gasteiger partial charge < -0.3 is 0 Å². The molecule has 0 unspecified atom stereocenters. The number of aromatic nitrogens is 8. The Bertz CT molecular complexity index is 4290. The molecule has 0 saturated carbocycles. The number of rotatable bonds is 0. The summed E-state index contributed by atoms with van der Waals surface area (Å²) >= 11 is 0. The molecule has 0 amide bonds. The number of nitrogens with zero attached hydrogens (tertiary/aromatic N) is 8. The first kappa shape index (κ1) is 60.4. The first-order chi connectivity index (χ1) is 40.4. The lowest BCUT2D eigenvalue weighted by molar-refractivity contribution is 0.964. The Hall–Kier alpha value is -9.66. The maximum Gasteiger partial charge on any atom is 0.0707 e. The number of benzene rings is 7. The smallest absolute Gasteiger partial charge is 0.0707 e. The fourth-order valence-corrected chi connectivity index (χ4v) is 9.86. The lowest BCUT2D eigenvalue weighted by atomic mass is 10.0. The Kier molecular flexibility index (Phi) is 20.4. The number of hydrogen-bond donors (Lipinski definition) is 0. The van der Waals surface area contributed by atoms with Gasteiger partial charge in [0.1, 0.15) is 0 Å². The molecule has 0 aliphatic rings. The zero-order valence-electron chi connectivity index (χ0n) is 51.2. The predicted octanol–water partition coefficient (Wildman–Crippen LogP) is 19.4. The maximum absolute atomic E-state index is 4.48. The van der Waals surface area contributed by atoms with Crippen molar-refractivity contribution in [3.63, 3.8) is 0 Å². The van der Waals surface area contributed by atoms with Gasteiger partial charge in [-0.15, -0.1) is 0 Å². The van der Waals surface area contributed by atoms with Crippen LogP contribution in [0.1, 0.15) is 78.8 Å². The number of para-hydroxylation sites is 2. The standard InChI is InChI=1S/6C11H11N.C10H10N2/c1-8-3-6-11-10(7-8)5-4-9(2)12-11;1-8-3-5-10-6-4-9(2)12-11(10)7-8;1-8-5-9(2)11-7-12-4-3-10(11)6-8;1-8-4-3-5-11-10(8)7-6-9(2)12-11;1-8-7-10-5-3-4-6-11(10)12-9(8)2;1-8-7-9(2)12-11-6-4-3-5-10(8)11;1-7-9-5-3-4-6-10(9)8(2)12-11-7/h6*3-7H,1-2H3;3-6H,1-2H3. The third-order valence-corrected chi connectivity index (χ3v) is 14.4. The summed E-state index contributed by atoms with van der Waals surface area (Å²) in [7, 11) is 0. The third-order valence-electron chi connectivity index (χ3n) is 14.4. The van der Waals surface area contributed by atoms with Gasteiger partial charge in [0.05, 0.1) is 39.0 Å². The van der Waals surface area contributed by atoms with Gasteiger partial charge in [-0.1, -0.05) is 132 Å². The second-order valence-electron chi connectivity index (χ2n) is 21.7. The molecule has 7 aromatic carbocycles. The van der Waals surface area contributed by atoms with Gasteiger partial charge in [-0.05, 0) is 203 Å². The van der Waals surface area contributed by atoms with Crippen LogP contribution in [0.5, 0.6) is 0 Å². The van der Waals surface area contributed by atoms with E-state index in [9.17, 15) is 0 Å². The summed E-state index contributed by atoms with van der Waals surface area (Å²) in [5.41, 5.74) is 21.9. The van der Waals surface area contributed by atoms with Crippen molar-refractivity contribution in [1.82, 2.24) is 40.1 Å². The zero-order valence-corrected chi connectivity index (χ0v) is 51.2. The summed E-state index contributed by atoms with van der Waals surface area (Å²) in [4.78, 5) is 26.3. The summed E-state index contributed by atoms with van der Waals surface area (Å²) in [5.74, 6) is 0. The molecular weight excluding hydrogens is 1020 g/mol. The second kappa shape index (κ2) is 28.4. The van der Waals surface area contributed by atoms with E-state index in [1.165, 1.54) is 87.4 Å². The molecule has 7 aromatic heterocycles. The van der Waals surface area contributed by atoms with Crippen LogP contribution in [-0.4, -0.2) is 40.1 Å². The Morgan fingerprint density at radius 2 is 0.726 bits per heavy atom. The van der Waals surface area contributed by atoms with Gasteiger partial charge >= 0.3 is 0 Å². The van der Waals surface area contributed by atoms with Gasteiger partial charge in [-0.25, -0.2) is 0 Å². The quantitative estimate of drug-likeness (QED) is 0.148. The van der Waals surface area contributed by atoms with E-state index < -0.39 is 0 Å². The van der Waals surface area contributed by atoms with Crippen molar-refractivity contribution in [3.8, 4) is 0 Å². The molecule has 0 atom stereocenters. The molecule has 14 rings (SSSR count).